The molecular weight excluding hydrogens is 760 g/mol. The average molecular weight is 811 g/mol. The average Bonchev–Trinajstić information content (AvgIpc) is 3.45. The number of carbonyl (C=O) groups is 1. The molecule has 0 spiro atoms. The van der Waals surface area contributed by atoms with Gasteiger partial charge in [0.2, 0.25) is 0 Å². The number of aliphatic hydroxyl groups is 13. The first-order valence-corrected chi connectivity index (χ1v) is 17.2. The van der Waals surface area contributed by atoms with Crippen LogP contribution in [0.5, 0.6) is 0 Å². The lowest BCUT2D eigenvalue weighted by molar-refractivity contribution is -0.404. The van der Waals surface area contributed by atoms with Crippen LogP contribution in [0.25, 0.3) is 0 Å². The first-order chi connectivity index (χ1) is 25.9. The Balaban J connectivity index is 1.47. The molecule has 0 bridgehead atoms. The minimum atomic E-state index is -2.23. The van der Waals surface area contributed by atoms with Crippen LogP contribution in [0.3, 0.4) is 0 Å². The second-order valence-corrected chi connectivity index (χ2v) is 13.9. The summed E-state index contributed by atoms with van der Waals surface area (Å²) in [5.74, 6) is -1.74. The van der Waals surface area contributed by atoms with Gasteiger partial charge in [0.25, 0.3) is 0 Å². The van der Waals surface area contributed by atoms with Crippen molar-refractivity contribution in [1.82, 2.24) is 0 Å². The van der Waals surface area contributed by atoms with E-state index in [-0.39, 0.29) is 0 Å². The maximum absolute atomic E-state index is 12.2. The quantitative estimate of drug-likeness (QED) is 0.0821. The number of rotatable bonds is 13. The molecule has 55 heavy (non-hydrogen) atoms. The number of hydrogen-bond acceptors (Lipinski definition) is 24. The molecular formula is C30H50O25. The van der Waals surface area contributed by atoms with Crippen molar-refractivity contribution >= 4 is 5.97 Å². The Kier molecular flexibility index (Phi) is 14.8. The maximum Gasteiger partial charge on any atom is 0.335 e. The van der Waals surface area contributed by atoms with Gasteiger partial charge >= 0.3 is 5.97 Å². The Morgan fingerprint density at radius 1 is 0.600 bits per heavy atom. The van der Waals surface area contributed by atoms with Crippen molar-refractivity contribution in [2.24, 2.45) is 0 Å². The standard InChI is InChI=1S/C30H50O25/c1-7-10(34)14(38)20(54-29-23(42)30(45,5-33)6-47-29)27(48-7)53-21-15(39)12(36)9(4-32)50-28(21)51-18-17(41)19(24(43)44)52-26(46-2)22(18)55-25-16(40)13(37)11(35)8(3-31)49-25/h7-23,25-29,31-42,45H,3-6H2,1-2H3,(H,43,44)/t7-,8+,9+,10-,11-,12-,13-,14+,15-,16+,17-,18-,19-,20+,21?,22+,23-,25?,26+,27-,28-,29-,30+/m0/s1. The topological polar surface area (TPSA) is 393 Å². The van der Waals surface area contributed by atoms with Gasteiger partial charge in [0.1, 0.15) is 97.2 Å². The predicted octanol–water partition coefficient (Wildman–Crippen LogP) is -9.51. The number of methoxy groups -OCH3 is 1. The number of ether oxygens (including phenoxy) is 10. The van der Waals surface area contributed by atoms with Crippen molar-refractivity contribution in [1.29, 1.82) is 0 Å². The highest BCUT2D eigenvalue weighted by molar-refractivity contribution is 5.73. The van der Waals surface area contributed by atoms with Crippen molar-refractivity contribution in [2.75, 3.05) is 33.5 Å². The largest absolute Gasteiger partial charge is 0.479 e. The van der Waals surface area contributed by atoms with E-state index >= 15 is 0 Å². The first-order valence-electron chi connectivity index (χ1n) is 17.2. The van der Waals surface area contributed by atoms with Gasteiger partial charge in [-0.15, -0.1) is 0 Å². The predicted molar refractivity (Wildman–Crippen MR) is 164 cm³/mol. The van der Waals surface area contributed by atoms with Crippen LogP contribution in [0.4, 0.5) is 0 Å². The molecule has 2 unspecified atom stereocenters. The van der Waals surface area contributed by atoms with E-state index < -0.39 is 173 Å². The second-order valence-electron chi connectivity index (χ2n) is 13.9. The molecule has 5 aliphatic rings. The molecule has 14 N–H and O–H groups in total. The van der Waals surface area contributed by atoms with Crippen LogP contribution in [0.1, 0.15) is 6.92 Å². The summed E-state index contributed by atoms with van der Waals surface area (Å²) in [7, 11) is 1.03. The SMILES string of the molecule is CO[C@@H]1O[C@H](C(=O)O)[C@@H](O)[C@H](O[C@@H]2O[C@H](CO)[C@H](O)[C@H](O)C2O[C@@H]2O[C@@H](C)[C@H](O)[C@@H](O)[C@H]2O[C@@H]2OC[C@](O)(CO)[C@H]2O)[C@H]1OC1O[C@H](CO)[C@H](O)[C@H](O)[C@H]1O. The lowest BCUT2D eigenvalue weighted by Crippen LogP contribution is -2.68. The van der Waals surface area contributed by atoms with Gasteiger partial charge in [0.15, 0.2) is 37.6 Å². The lowest BCUT2D eigenvalue weighted by Gasteiger charge is -2.50. The van der Waals surface area contributed by atoms with E-state index in [0.717, 1.165) is 7.11 Å². The summed E-state index contributed by atoms with van der Waals surface area (Å²) >= 11 is 0. The summed E-state index contributed by atoms with van der Waals surface area (Å²) in [4.78, 5) is 12.2. The molecule has 0 aliphatic carbocycles. The van der Waals surface area contributed by atoms with Crippen LogP contribution in [0.2, 0.25) is 0 Å². The molecule has 0 aromatic carbocycles. The summed E-state index contributed by atoms with van der Waals surface area (Å²) in [5, 5.41) is 146. The zero-order chi connectivity index (χ0) is 40.7. The van der Waals surface area contributed by atoms with E-state index in [1.54, 1.807) is 0 Å². The lowest BCUT2D eigenvalue weighted by atomic mass is 9.95. The van der Waals surface area contributed by atoms with Gasteiger partial charge < -0.3 is 119 Å². The number of carboxylic acids is 1. The molecule has 5 saturated heterocycles. The third kappa shape index (κ3) is 8.80. The van der Waals surface area contributed by atoms with Crippen LogP contribution in [-0.2, 0) is 52.2 Å². The summed E-state index contributed by atoms with van der Waals surface area (Å²) < 4.78 is 56.0. The van der Waals surface area contributed by atoms with E-state index in [1.165, 1.54) is 6.92 Å². The number of carboxylic acid groups (broad SMARTS) is 1. The number of aliphatic hydroxyl groups excluding tert-OH is 12. The highest BCUT2D eigenvalue weighted by Crippen LogP contribution is 2.37. The van der Waals surface area contributed by atoms with Gasteiger partial charge in [0, 0.05) is 7.11 Å². The number of hydrogen-bond donors (Lipinski definition) is 14. The molecule has 0 saturated carbocycles. The third-order valence-electron chi connectivity index (χ3n) is 10.2. The molecule has 5 fully saturated rings. The van der Waals surface area contributed by atoms with Crippen LogP contribution in [0, 0.1) is 0 Å². The molecule has 5 rings (SSSR count). The molecule has 0 aromatic rings. The zero-order valence-corrected chi connectivity index (χ0v) is 29.3. The normalized spacial score (nSPS) is 52.3. The van der Waals surface area contributed by atoms with Gasteiger partial charge in [-0.05, 0) is 6.92 Å². The van der Waals surface area contributed by atoms with E-state index in [0.29, 0.717) is 0 Å². The molecule has 25 nitrogen and oxygen atoms in total. The minimum Gasteiger partial charge on any atom is -0.479 e. The van der Waals surface area contributed by atoms with Gasteiger partial charge in [-0.2, -0.15) is 0 Å². The molecule has 320 valence electrons. The van der Waals surface area contributed by atoms with Crippen molar-refractivity contribution in [3.05, 3.63) is 0 Å². The Labute approximate surface area is 311 Å². The molecule has 0 radical (unpaired) electrons. The monoisotopic (exact) mass is 810 g/mol. The van der Waals surface area contributed by atoms with Crippen molar-refractivity contribution in [2.45, 2.75) is 148 Å². The zero-order valence-electron chi connectivity index (χ0n) is 29.3. The van der Waals surface area contributed by atoms with Gasteiger partial charge in [-0.1, -0.05) is 0 Å². The van der Waals surface area contributed by atoms with E-state index in [4.69, 9.17) is 47.4 Å². The Hall–Kier alpha value is -1.45. The summed E-state index contributed by atoms with van der Waals surface area (Å²) in [5.41, 5.74) is -2.18. The minimum absolute atomic E-state index is 0.622. The fourth-order valence-corrected chi connectivity index (χ4v) is 6.79. The molecule has 5 aliphatic heterocycles. The smallest absolute Gasteiger partial charge is 0.335 e. The van der Waals surface area contributed by atoms with Crippen LogP contribution in [0.15, 0.2) is 0 Å². The Morgan fingerprint density at radius 3 is 1.65 bits per heavy atom. The van der Waals surface area contributed by atoms with Gasteiger partial charge in [0.05, 0.1) is 32.5 Å². The van der Waals surface area contributed by atoms with Gasteiger partial charge in [-0.3, -0.25) is 0 Å². The van der Waals surface area contributed by atoms with Crippen molar-refractivity contribution in [3.8, 4) is 0 Å². The highest BCUT2D eigenvalue weighted by atomic mass is 16.8. The fraction of sp³-hybridized carbons (Fsp3) is 0.967. The summed E-state index contributed by atoms with van der Waals surface area (Å²) in [6, 6.07) is 0. The Bertz CT molecular complexity index is 1250. The molecule has 23 atom stereocenters. The first kappa shape index (κ1) is 44.6. The Morgan fingerprint density at radius 2 is 1.11 bits per heavy atom. The van der Waals surface area contributed by atoms with Crippen molar-refractivity contribution < 1.29 is 124 Å². The van der Waals surface area contributed by atoms with Gasteiger partial charge in [-0.25, -0.2) is 4.79 Å². The van der Waals surface area contributed by atoms with E-state index in [2.05, 4.69) is 0 Å². The molecule has 0 amide bonds. The molecule has 5 heterocycles. The highest BCUT2D eigenvalue weighted by Gasteiger charge is 2.58. The maximum atomic E-state index is 12.2. The molecule has 0 aromatic heterocycles. The van der Waals surface area contributed by atoms with Crippen LogP contribution in [-0.4, -0.2) is 252 Å². The summed E-state index contributed by atoms with van der Waals surface area (Å²) in [6.45, 7) is -2.10. The van der Waals surface area contributed by atoms with Crippen LogP contribution >= 0.6 is 0 Å². The van der Waals surface area contributed by atoms with E-state index in [9.17, 15) is 76.3 Å². The second kappa shape index (κ2) is 18.2. The van der Waals surface area contributed by atoms with E-state index in [1.807, 2.05) is 0 Å². The van der Waals surface area contributed by atoms with Crippen LogP contribution < -0.4 is 0 Å². The fourth-order valence-electron chi connectivity index (χ4n) is 6.79. The molecule has 25 heteroatoms. The number of aliphatic carboxylic acids is 1. The third-order valence-corrected chi connectivity index (χ3v) is 10.2. The summed E-state index contributed by atoms with van der Waals surface area (Å²) in [6.07, 6.45) is -41.1. The van der Waals surface area contributed by atoms with Crippen molar-refractivity contribution in [3.63, 3.8) is 0 Å².